The monoisotopic (exact) mass is 388 g/mol. The average Bonchev–Trinajstić information content (AvgIpc) is 3.46. The topological polar surface area (TPSA) is 73.7 Å². The Morgan fingerprint density at radius 3 is 2.36 bits per heavy atom. The predicted molar refractivity (Wildman–Crippen MR) is 107 cm³/mol. The number of urea groups is 1. The van der Waals surface area contributed by atoms with Crippen LogP contribution in [0.3, 0.4) is 0 Å². The Bertz CT molecular complexity index is 699. The minimum atomic E-state index is -0.0934. The first-order valence-electron chi connectivity index (χ1n) is 10.6. The van der Waals surface area contributed by atoms with Crippen molar-refractivity contribution in [3.8, 4) is 0 Å². The minimum Gasteiger partial charge on any atom is -0.340 e. The Morgan fingerprint density at radius 1 is 1.04 bits per heavy atom. The van der Waals surface area contributed by atoms with Crippen molar-refractivity contribution >= 4 is 17.6 Å². The van der Waals surface area contributed by atoms with Gasteiger partial charge in [0.25, 0.3) is 0 Å². The summed E-state index contributed by atoms with van der Waals surface area (Å²) in [4.78, 5) is 31.4. The summed E-state index contributed by atoms with van der Waals surface area (Å²) in [6.45, 7) is 6.96. The molecule has 0 aromatic carbocycles. The SMILES string of the molecule is CC(C1CC1)n1cc(NC(=O)N2CCC(C(=O)N3CCN(C)CC3)CC2)cn1. The van der Waals surface area contributed by atoms with E-state index in [2.05, 4.69) is 29.3 Å². The lowest BCUT2D eigenvalue weighted by Gasteiger charge is -2.37. The van der Waals surface area contributed by atoms with E-state index in [1.54, 1.807) is 6.20 Å². The van der Waals surface area contributed by atoms with Crippen molar-refractivity contribution < 1.29 is 9.59 Å². The lowest BCUT2D eigenvalue weighted by Crippen LogP contribution is -2.51. The van der Waals surface area contributed by atoms with Crippen LogP contribution in [0.5, 0.6) is 0 Å². The van der Waals surface area contributed by atoms with E-state index in [4.69, 9.17) is 0 Å². The molecule has 0 radical (unpaired) electrons. The van der Waals surface area contributed by atoms with Gasteiger partial charge in [0.15, 0.2) is 0 Å². The smallest absolute Gasteiger partial charge is 0.321 e. The first-order valence-corrected chi connectivity index (χ1v) is 10.6. The molecule has 1 N–H and O–H groups in total. The fraction of sp³-hybridized carbons (Fsp3) is 0.750. The summed E-state index contributed by atoms with van der Waals surface area (Å²) < 4.78 is 1.95. The second-order valence-corrected chi connectivity index (χ2v) is 8.61. The Morgan fingerprint density at radius 2 is 1.71 bits per heavy atom. The van der Waals surface area contributed by atoms with Gasteiger partial charge in [-0.3, -0.25) is 9.48 Å². The molecule has 3 fully saturated rings. The van der Waals surface area contributed by atoms with Crippen molar-refractivity contribution in [2.24, 2.45) is 11.8 Å². The lowest BCUT2D eigenvalue weighted by atomic mass is 9.95. The Balaban J connectivity index is 1.24. The number of carbonyl (C=O) groups excluding carboxylic acids is 2. The highest BCUT2D eigenvalue weighted by Gasteiger charge is 2.32. The highest BCUT2D eigenvalue weighted by Crippen LogP contribution is 2.39. The van der Waals surface area contributed by atoms with E-state index in [1.165, 1.54) is 12.8 Å². The third kappa shape index (κ3) is 4.32. The highest BCUT2D eigenvalue weighted by atomic mass is 16.2. The fourth-order valence-corrected chi connectivity index (χ4v) is 4.24. The molecule has 1 aromatic heterocycles. The van der Waals surface area contributed by atoms with Gasteiger partial charge in [0.1, 0.15) is 0 Å². The number of carbonyl (C=O) groups is 2. The van der Waals surface area contributed by atoms with E-state index in [0.29, 0.717) is 19.1 Å². The van der Waals surface area contributed by atoms with Gasteiger partial charge in [0, 0.05) is 51.4 Å². The zero-order valence-electron chi connectivity index (χ0n) is 17.0. The number of anilines is 1. The van der Waals surface area contributed by atoms with Crippen molar-refractivity contribution in [2.75, 3.05) is 51.6 Å². The number of hydrogen-bond donors (Lipinski definition) is 1. The van der Waals surface area contributed by atoms with E-state index < -0.39 is 0 Å². The molecule has 0 spiro atoms. The van der Waals surface area contributed by atoms with Gasteiger partial charge in [-0.15, -0.1) is 0 Å². The van der Waals surface area contributed by atoms with Gasteiger partial charge in [-0.2, -0.15) is 5.10 Å². The Labute approximate surface area is 166 Å². The Kier molecular flexibility index (Phi) is 5.57. The first-order chi connectivity index (χ1) is 13.5. The molecular formula is C20H32N6O2. The maximum absolute atomic E-state index is 12.7. The quantitative estimate of drug-likeness (QED) is 0.855. The standard InChI is InChI=1S/C20H32N6O2/c1-15(16-3-4-16)26-14-18(13-21-26)22-20(28)25-7-5-17(6-8-25)19(27)24-11-9-23(2)10-12-24/h13-17H,3-12H2,1-2H3,(H,22,28). The van der Waals surface area contributed by atoms with Crippen LogP contribution in [0.15, 0.2) is 12.4 Å². The number of nitrogens with zero attached hydrogens (tertiary/aromatic N) is 5. The summed E-state index contributed by atoms with van der Waals surface area (Å²) in [6.07, 6.45) is 7.67. The third-order valence-corrected chi connectivity index (χ3v) is 6.52. The van der Waals surface area contributed by atoms with Crippen LogP contribution in [-0.4, -0.2) is 82.7 Å². The molecule has 2 saturated heterocycles. The van der Waals surface area contributed by atoms with Crippen molar-refractivity contribution in [3.05, 3.63) is 12.4 Å². The summed E-state index contributed by atoms with van der Waals surface area (Å²) in [5, 5.41) is 7.36. The minimum absolute atomic E-state index is 0.0506. The molecule has 1 aliphatic carbocycles. The number of hydrogen-bond acceptors (Lipinski definition) is 4. The normalized spacial score (nSPS) is 22.9. The number of rotatable bonds is 4. The third-order valence-electron chi connectivity index (χ3n) is 6.52. The van der Waals surface area contributed by atoms with Crippen molar-refractivity contribution in [3.63, 3.8) is 0 Å². The molecule has 8 heteroatoms. The molecule has 4 rings (SSSR count). The van der Waals surface area contributed by atoms with Crippen molar-refractivity contribution in [1.82, 2.24) is 24.5 Å². The highest BCUT2D eigenvalue weighted by molar-refractivity contribution is 5.89. The van der Waals surface area contributed by atoms with Gasteiger partial charge in [-0.1, -0.05) is 0 Å². The molecule has 28 heavy (non-hydrogen) atoms. The average molecular weight is 389 g/mol. The molecule has 1 atom stereocenters. The van der Waals surface area contributed by atoms with E-state index in [-0.39, 0.29) is 17.9 Å². The second kappa shape index (κ2) is 8.11. The zero-order chi connectivity index (χ0) is 19.7. The van der Waals surface area contributed by atoms with Gasteiger partial charge >= 0.3 is 6.03 Å². The zero-order valence-corrected chi connectivity index (χ0v) is 17.0. The number of likely N-dealkylation sites (tertiary alicyclic amines) is 1. The first kappa shape index (κ1) is 19.2. The van der Waals surface area contributed by atoms with Crippen LogP contribution in [0.4, 0.5) is 10.5 Å². The lowest BCUT2D eigenvalue weighted by molar-refractivity contribution is -0.138. The predicted octanol–water partition coefficient (Wildman–Crippen LogP) is 1.87. The number of nitrogens with one attached hydrogen (secondary N) is 1. The van der Waals surface area contributed by atoms with E-state index in [1.807, 2.05) is 20.7 Å². The van der Waals surface area contributed by atoms with Crippen LogP contribution >= 0.6 is 0 Å². The summed E-state index contributed by atoms with van der Waals surface area (Å²) in [7, 11) is 2.09. The number of likely N-dealkylation sites (N-methyl/N-ethyl adjacent to an activating group) is 1. The molecule has 1 unspecified atom stereocenters. The molecular weight excluding hydrogens is 356 g/mol. The molecule has 2 aliphatic heterocycles. The summed E-state index contributed by atoms with van der Waals surface area (Å²) in [5.74, 6) is 1.04. The summed E-state index contributed by atoms with van der Waals surface area (Å²) in [6, 6.07) is 0.297. The number of piperazine rings is 1. The van der Waals surface area contributed by atoms with Crippen LogP contribution in [0.2, 0.25) is 0 Å². The molecule has 154 valence electrons. The fourth-order valence-electron chi connectivity index (χ4n) is 4.24. The maximum Gasteiger partial charge on any atom is 0.321 e. The van der Waals surface area contributed by atoms with Crippen LogP contribution in [0, 0.1) is 11.8 Å². The number of amides is 3. The Hall–Kier alpha value is -2.09. The van der Waals surface area contributed by atoms with Crippen LogP contribution in [-0.2, 0) is 4.79 Å². The molecule has 3 aliphatic rings. The van der Waals surface area contributed by atoms with Gasteiger partial charge < -0.3 is 20.0 Å². The molecule has 3 heterocycles. The maximum atomic E-state index is 12.7. The second-order valence-electron chi connectivity index (χ2n) is 8.61. The largest absolute Gasteiger partial charge is 0.340 e. The van der Waals surface area contributed by atoms with Crippen LogP contribution < -0.4 is 5.32 Å². The van der Waals surface area contributed by atoms with Crippen molar-refractivity contribution in [1.29, 1.82) is 0 Å². The van der Waals surface area contributed by atoms with Gasteiger partial charge in [0.2, 0.25) is 5.91 Å². The number of piperidine rings is 1. The van der Waals surface area contributed by atoms with E-state index >= 15 is 0 Å². The molecule has 3 amide bonds. The molecule has 0 bridgehead atoms. The van der Waals surface area contributed by atoms with Gasteiger partial charge in [-0.05, 0) is 45.6 Å². The van der Waals surface area contributed by atoms with Crippen LogP contribution in [0.25, 0.3) is 0 Å². The number of aromatic nitrogens is 2. The molecule has 8 nitrogen and oxygen atoms in total. The molecule has 1 saturated carbocycles. The van der Waals surface area contributed by atoms with Gasteiger partial charge in [-0.25, -0.2) is 4.79 Å². The van der Waals surface area contributed by atoms with Crippen molar-refractivity contribution in [2.45, 2.75) is 38.6 Å². The summed E-state index contributed by atoms with van der Waals surface area (Å²) in [5.41, 5.74) is 0.744. The van der Waals surface area contributed by atoms with Gasteiger partial charge in [0.05, 0.1) is 17.9 Å². The van der Waals surface area contributed by atoms with E-state index in [9.17, 15) is 9.59 Å². The summed E-state index contributed by atoms with van der Waals surface area (Å²) >= 11 is 0. The molecule has 1 aromatic rings. The van der Waals surface area contributed by atoms with E-state index in [0.717, 1.165) is 50.6 Å². The van der Waals surface area contributed by atoms with Crippen LogP contribution in [0.1, 0.15) is 38.6 Å².